The Hall–Kier alpha value is -3.30. The van der Waals surface area contributed by atoms with Gasteiger partial charge in [-0.25, -0.2) is 4.39 Å². The van der Waals surface area contributed by atoms with E-state index < -0.39 is 35.8 Å². The van der Waals surface area contributed by atoms with Crippen LogP contribution < -0.4 is 20.3 Å². The van der Waals surface area contributed by atoms with Gasteiger partial charge in [0.1, 0.15) is 5.75 Å². The number of hydrogen-bond acceptors (Lipinski definition) is 4. The number of amides is 2. The first-order valence-corrected chi connectivity index (χ1v) is 7.53. The lowest BCUT2D eigenvalue weighted by molar-refractivity contribution is -0.274. The van der Waals surface area contributed by atoms with Gasteiger partial charge in [0.15, 0.2) is 17.7 Å². The van der Waals surface area contributed by atoms with Crippen LogP contribution in [0.15, 0.2) is 48.5 Å². The van der Waals surface area contributed by atoms with E-state index in [-0.39, 0.29) is 11.3 Å². The molecular weight excluding hydrogens is 372 g/mol. The summed E-state index contributed by atoms with van der Waals surface area (Å²) in [4.78, 5) is 23.8. The summed E-state index contributed by atoms with van der Waals surface area (Å²) in [5.41, 5.74) is 4.13. The van der Waals surface area contributed by atoms with Gasteiger partial charge >= 0.3 is 6.36 Å². The van der Waals surface area contributed by atoms with Crippen molar-refractivity contribution >= 4 is 11.8 Å². The third-order valence-corrected chi connectivity index (χ3v) is 3.16. The average Bonchev–Trinajstić information content (AvgIpc) is 2.60. The summed E-state index contributed by atoms with van der Waals surface area (Å²) in [7, 11) is 0. The fraction of sp³-hybridized carbons (Fsp3) is 0.176. The lowest BCUT2D eigenvalue weighted by Crippen LogP contribution is -2.47. The number of ether oxygens (including phenoxy) is 2. The molecule has 0 bridgehead atoms. The summed E-state index contributed by atoms with van der Waals surface area (Å²) in [5.74, 6) is -2.81. The number of carbonyl (C=O) groups excluding carboxylic acids is 2. The number of carbonyl (C=O) groups is 2. The Bertz CT molecular complexity index is 809. The maximum absolute atomic E-state index is 13.5. The highest BCUT2D eigenvalue weighted by Gasteiger charge is 2.31. The molecule has 0 saturated carbocycles. The van der Waals surface area contributed by atoms with Crippen molar-refractivity contribution in [2.75, 3.05) is 0 Å². The third-order valence-electron chi connectivity index (χ3n) is 3.16. The molecule has 0 heterocycles. The van der Waals surface area contributed by atoms with Crippen molar-refractivity contribution in [1.82, 2.24) is 10.9 Å². The number of alkyl halides is 3. The maximum Gasteiger partial charge on any atom is 0.573 e. The van der Waals surface area contributed by atoms with Crippen molar-refractivity contribution in [3.63, 3.8) is 0 Å². The molecule has 0 radical (unpaired) electrons. The predicted octanol–water partition coefficient (Wildman–Crippen LogP) is 2.95. The van der Waals surface area contributed by atoms with Gasteiger partial charge in [-0.1, -0.05) is 12.1 Å². The van der Waals surface area contributed by atoms with Crippen molar-refractivity contribution in [2.45, 2.75) is 19.4 Å². The highest BCUT2D eigenvalue weighted by Crippen LogP contribution is 2.22. The van der Waals surface area contributed by atoms with Gasteiger partial charge in [-0.3, -0.25) is 20.4 Å². The molecule has 0 unspecified atom stereocenters. The quantitative estimate of drug-likeness (QED) is 0.612. The minimum absolute atomic E-state index is 0.0208. The van der Waals surface area contributed by atoms with Gasteiger partial charge in [0.25, 0.3) is 11.8 Å². The number of para-hydroxylation sites is 1. The Labute approximate surface area is 151 Å². The van der Waals surface area contributed by atoms with Crippen LogP contribution in [0.3, 0.4) is 0 Å². The molecule has 6 nitrogen and oxygen atoms in total. The molecule has 0 spiro atoms. The van der Waals surface area contributed by atoms with Crippen LogP contribution in [-0.4, -0.2) is 24.3 Å². The van der Waals surface area contributed by atoms with Crippen LogP contribution in [0.25, 0.3) is 0 Å². The van der Waals surface area contributed by atoms with Crippen molar-refractivity contribution < 1.29 is 36.6 Å². The second-order valence-electron chi connectivity index (χ2n) is 5.21. The van der Waals surface area contributed by atoms with Gasteiger partial charge in [0, 0.05) is 5.56 Å². The zero-order chi connectivity index (χ0) is 20.0. The van der Waals surface area contributed by atoms with Crippen LogP contribution in [0, 0.1) is 5.82 Å². The summed E-state index contributed by atoms with van der Waals surface area (Å²) in [6, 6.07) is 9.55. The molecule has 2 rings (SSSR count). The third kappa shape index (κ3) is 6.17. The van der Waals surface area contributed by atoms with E-state index in [9.17, 15) is 27.2 Å². The SMILES string of the molecule is C[C@@H](Oc1ccccc1F)C(=O)NNC(=O)c1ccc(OC(F)(F)F)cc1. The van der Waals surface area contributed by atoms with Gasteiger partial charge in [0.2, 0.25) is 0 Å². The van der Waals surface area contributed by atoms with E-state index in [2.05, 4.69) is 15.6 Å². The summed E-state index contributed by atoms with van der Waals surface area (Å²) in [6.45, 7) is 1.34. The first-order valence-electron chi connectivity index (χ1n) is 7.53. The summed E-state index contributed by atoms with van der Waals surface area (Å²) in [5, 5.41) is 0. The van der Waals surface area contributed by atoms with Crippen LogP contribution in [0.2, 0.25) is 0 Å². The number of benzene rings is 2. The largest absolute Gasteiger partial charge is 0.573 e. The van der Waals surface area contributed by atoms with Crippen LogP contribution in [0.5, 0.6) is 11.5 Å². The topological polar surface area (TPSA) is 76.7 Å². The number of hydrazine groups is 1. The first-order chi connectivity index (χ1) is 12.7. The zero-order valence-corrected chi connectivity index (χ0v) is 13.8. The molecule has 10 heteroatoms. The number of halogens is 4. The van der Waals surface area contributed by atoms with Crippen molar-refractivity contribution in [2.24, 2.45) is 0 Å². The second-order valence-corrected chi connectivity index (χ2v) is 5.21. The standard InChI is InChI=1S/C17H14F4N2O4/c1-10(26-14-5-3-2-4-13(14)18)15(24)22-23-16(25)11-6-8-12(9-7-11)27-17(19,20)21/h2-10H,1H3,(H,22,24)(H,23,25)/t10-/m1/s1. The van der Waals surface area contributed by atoms with E-state index in [1.54, 1.807) is 0 Å². The van der Waals surface area contributed by atoms with E-state index >= 15 is 0 Å². The van der Waals surface area contributed by atoms with E-state index in [4.69, 9.17) is 4.74 Å². The molecule has 2 aromatic carbocycles. The molecule has 1 atom stereocenters. The van der Waals surface area contributed by atoms with Gasteiger partial charge in [-0.15, -0.1) is 13.2 Å². The van der Waals surface area contributed by atoms with Crippen LogP contribution >= 0.6 is 0 Å². The van der Waals surface area contributed by atoms with Crippen molar-refractivity contribution in [3.8, 4) is 11.5 Å². The highest BCUT2D eigenvalue weighted by molar-refractivity contribution is 5.95. The van der Waals surface area contributed by atoms with E-state index in [0.29, 0.717) is 0 Å². The smallest absolute Gasteiger partial charge is 0.478 e. The molecule has 27 heavy (non-hydrogen) atoms. The van der Waals surface area contributed by atoms with E-state index in [1.165, 1.54) is 25.1 Å². The predicted molar refractivity (Wildman–Crippen MR) is 85.2 cm³/mol. The molecule has 2 N–H and O–H groups in total. The molecule has 2 aromatic rings. The van der Waals surface area contributed by atoms with Crippen molar-refractivity contribution in [1.29, 1.82) is 0 Å². The zero-order valence-electron chi connectivity index (χ0n) is 13.8. The first kappa shape index (κ1) is 20.0. The lowest BCUT2D eigenvalue weighted by Gasteiger charge is -2.15. The van der Waals surface area contributed by atoms with Crippen LogP contribution in [-0.2, 0) is 4.79 Å². The van der Waals surface area contributed by atoms with Crippen LogP contribution in [0.4, 0.5) is 17.6 Å². The highest BCUT2D eigenvalue weighted by atomic mass is 19.4. The molecule has 0 aliphatic rings. The Balaban J connectivity index is 1.87. The molecule has 2 amide bonds. The lowest BCUT2D eigenvalue weighted by atomic mass is 10.2. The number of nitrogens with one attached hydrogen (secondary N) is 2. The monoisotopic (exact) mass is 386 g/mol. The fourth-order valence-electron chi connectivity index (χ4n) is 1.88. The Morgan fingerprint density at radius 2 is 1.63 bits per heavy atom. The maximum atomic E-state index is 13.5. The molecule has 0 aliphatic carbocycles. The molecule has 0 aromatic heterocycles. The Kier molecular flexibility index (Phi) is 6.22. The molecule has 0 aliphatic heterocycles. The van der Waals surface area contributed by atoms with Gasteiger partial charge in [-0.05, 0) is 43.3 Å². The summed E-state index contributed by atoms with van der Waals surface area (Å²) in [6.07, 6.45) is -5.96. The minimum atomic E-state index is -4.84. The average molecular weight is 386 g/mol. The van der Waals surface area contributed by atoms with Crippen LogP contribution in [0.1, 0.15) is 17.3 Å². The second kappa shape index (κ2) is 8.39. The van der Waals surface area contributed by atoms with Gasteiger partial charge in [-0.2, -0.15) is 0 Å². The molecule has 0 fully saturated rings. The van der Waals surface area contributed by atoms with E-state index in [0.717, 1.165) is 30.3 Å². The van der Waals surface area contributed by atoms with E-state index in [1.807, 2.05) is 0 Å². The normalized spacial score (nSPS) is 12.0. The van der Waals surface area contributed by atoms with Gasteiger partial charge in [0.05, 0.1) is 0 Å². The number of hydrogen-bond donors (Lipinski definition) is 2. The number of rotatable bonds is 5. The Morgan fingerprint density at radius 3 is 2.22 bits per heavy atom. The fourth-order valence-corrected chi connectivity index (χ4v) is 1.88. The molecule has 144 valence electrons. The molecular formula is C17H14F4N2O4. The minimum Gasteiger partial charge on any atom is -0.478 e. The van der Waals surface area contributed by atoms with Gasteiger partial charge < -0.3 is 9.47 Å². The molecule has 0 saturated heterocycles. The Morgan fingerprint density at radius 1 is 1.00 bits per heavy atom. The summed E-state index contributed by atoms with van der Waals surface area (Å²) < 4.78 is 58.6. The van der Waals surface area contributed by atoms with Crippen molar-refractivity contribution in [3.05, 3.63) is 59.9 Å². The summed E-state index contributed by atoms with van der Waals surface area (Å²) >= 11 is 0.